The van der Waals surface area contributed by atoms with Gasteiger partial charge in [-0.2, -0.15) is 0 Å². The molecule has 1 aromatic rings. The molecule has 0 spiro atoms. The number of hydrogen-bond donors (Lipinski definition) is 1. The largest absolute Gasteiger partial charge is 0.328 e. The quantitative estimate of drug-likeness (QED) is 0.787. The number of carbonyl (C=O) groups excluding carboxylic acids is 2. The molecule has 3 amide bonds. The Morgan fingerprint density at radius 2 is 2.00 bits per heavy atom. The Balaban J connectivity index is 2.34. The van der Waals surface area contributed by atoms with Gasteiger partial charge >= 0.3 is 6.03 Å². The van der Waals surface area contributed by atoms with Gasteiger partial charge in [0.2, 0.25) is 5.91 Å². The third-order valence-electron chi connectivity index (χ3n) is 2.28. The molecule has 0 aromatic heterocycles. The first-order valence-electron chi connectivity index (χ1n) is 4.65. The number of imide groups is 1. The highest BCUT2D eigenvalue weighted by Gasteiger charge is 2.26. The van der Waals surface area contributed by atoms with Crippen molar-refractivity contribution >= 4 is 17.6 Å². The molecular weight excluding hydrogens is 218 g/mol. The topological polar surface area (TPSA) is 49.4 Å². The second-order valence-electron chi connectivity index (χ2n) is 3.33. The minimum absolute atomic E-state index is 0.0467. The van der Waals surface area contributed by atoms with Gasteiger partial charge in [-0.25, -0.2) is 13.6 Å². The molecule has 1 saturated heterocycles. The molecule has 1 heterocycles. The third-order valence-corrected chi connectivity index (χ3v) is 2.28. The molecular formula is C10H8F2N2O2. The normalized spacial score (nSPS) is 16.2. The van der Waals surface area contributed by atoms with Gasteiger partial charge in [0.15, 0.2) is 11.6 Å². The van der Waals surface area contributed by atoms with E-state index in [2.05, 4.69) is 0 Å². The average Bonchev–Trinajstić information content (AvgIpc) is 2.23. The molecule has 0 unspecified atom stereocenters. The van der Waals surface area contributed by atoms with Crippen molar-refractivity contribution in [2.45, 2.75) is 6.42 Å². The van der Waals surface area contributed by atoms with Crippen molar-refractivity contribution in [2.24, 2.45) is 0 Å². The lowest BCUT2D eigenvalue weighted by Crippen LogP contribution is -2.49. The summed E-state index contributed by atoms with van der Waals surface area (Å²) in [4.78, 5) is 23.2. The molecule has 84 valence electrons. The summed E-state index contributed by atoms with van der Waals surface area (Å²) in [5.74, 6) is -2.53. The number of hydrogen-bond acceptors (Lipinski definition) is 2. The van der Waals surface area contributed by atoms with Crippen LogP contribution in [-0.2, 0) is 4.79 Å². The lowest BCUT2D eigenvalue weighted by atomic mass is 10.2. The summed E-state index contributed by atoms with van der Waals surface area (Å²) in [7, 11) is 0. The minimum Gasteiger partial charge on any atom is -0.291 e. The molecule has 1 N–H and O–H groups in total. The van der Waals surface area contributed by atoms with Crippen LogP contribution in [0.3, 0.4) is 0 Å². The SMILES string of the molecule is O=C1CCN(c2cccc(F)c2F)C(=O)N1. The molecule has 0 radical (unpaired) electrons. The number of rotatable bonds is 1. The Hall–Kier alpha value is -1.98. The van der Waals surface area contributed by atoms with E-state index in [1.165, 1.54) is 12.1 Å². The van der Waals surface area contributed by atoms with Crippen molar-refractivity contribution in [3.8, 4) is 0 Å². The van der Waals surface area contributed by atoms with Crippen molar-refractivity contribution < 1.29 is 18.4 Å². The summed E-state index contributed by atoms with van der Waals surface area (Å²) >= 11 is 0. The Morgan fingerprint density at radius 1 is 1.25 bits per heavy atom. The Kier molecular flexibility index (Phi) is 2.55. The van der Waals surface area contributed by atoms with Crippen LogP contribution >= 0.6 is 0 Å². The predicted octanol–water partition coefficient (Wildman–Crippen LogP) is 1.41. The predicted molar refractivity (Wildman–Crippen MR) is 51.9 cm³/mol. The van der Waals surface area contributed by atoms with E-state index in [-0.39, 0.29) is 18.7 Å². The Morgan fingerprint density at radius 3 is 2.69 bits per heavy atom. The molecule has 1 aliphatic rings. The van der Waals surface area contributed by atoms with Crippen LogP contribution in [0.4, 0.5) is 19.3 Å². The van der Waals surface area contributed by atoms with Crippen LogP contribution in [0, 0.1) is 11.6 Å². The fourth-order valence-corrected chi connectivity index (χ4v) is 1.49. The van der Waals surface area contributed by atoms with Gasteiger partial charge in [-0.05, 0) is 12.1 Å². The Labute approximate surface area is 89.8 Å². The maximum Gasteiger partial charge on any atom is 0.328 e. The summed E-state index contributed by atoms with van der Waals surface area (Å²) in [6.45, 7) is 0.0467. The second kappa shape index (κ2) is 3.88. The zero-order chi connectivity index (χ0) is 11.7. The molecule has 1 aromatic carbocycles. The molecule has 2 rings (SSSR count). The fourth-order valence-electron chi connectivity index (χ4n) is 1.49. The molecule has 0 bridgehead atoms. The number of urea groups is 1. The van der Waals surface area contributed by atoms with Crippen LogP contribution in [0.5, 0.6) is 0 Å². The summed E-state index contributed by atoms with van der Waals surface area (Å²) in [6.07, 6.45) is 0.0711. The van der Waals surface area contributed by atoms with Gasteiger partial charge in [0.25, 0.3) is 0 Å². The number of carbonyl (C=O) groups is 2. The van der Waals surface area contributed by atoms with Crippen molar-refractivity contribution in [1.82, 2.24) is 5.32 Å². The molecule has 6 heteroatoms. The van der Waals surface area contributed by atoms with Gasteiger partial charge in [-0.1, -0.05) is 6.07 Å². The summed E-state index contributed by atoms with van der Waals surface area (Å²) in [6, 6.07) is 2.82. The van der Waals surface area contributed by atoms with E-state index in [0.717, 1.165) is 11.0 Å². The molecule has 16 heavy (non-hydrogen) atoms. The standard InChI is InChI=1S/C10H8F2N2O2/c11-6-2-1-3-7(9(6)12)14-5-4-8(15)13-10(14)16/h1-3H,4-5H2,(H,13,15,16). The number of amides is 3. The smallest absolute Gasteiger partial charge is 0.291 e. The summed E-state index contributed by atoms with van der Waals surface area (Å²) in [5, 5.41) is 2.03. The highest BCUT2D eigenvalue weighted by molar-refractivity contribution is 6.05. The fraction of sp³-hybridized carbons (Fsp3) is 0.200. The highest BCUT2D eigenvalue weighted by Crippen LogP contribution is 2.22. The zero-order valence-electron chi connectivity index (χ0n) is 8.17. The van der Waals surface area contributed by atoms with E-state index < -0.39 is 23.6 Å². The number of benzene rings is 1. The number of nitrogens with zero attached hydrogens (tertiary/aromatic N) is 1. The van der Waals surface area contributed by atoms with E-state index in [9.17, 15) is 18.4 Å². The first kappa shape index (κ1) is 10.5. The van der Waals surface area contributed by atoms with Crippen LogP contribution in [-0.4, -0.2) is 18.5 Å². The van der Waals surface area contributed by atoms with Crippen LogP contribution in [0.25, 0.3) is 0 Å². The monoisotopic (exact) mass is 226 g/mol. The Bertz CT molecular complexity index is 462. The van der Waals surface area contributed by atoms with Gasteiger partial charge < -0.3 is 0 Å². The summed E-state index contributed by atoms with van der Waals surface area (Å²) in [5.41, 5.74) is -0.162. The van der Waals surface area contributed by atoms with Crippen LogP contribution in [0.2, 0.25) is 0 Å². The zero-order valence-corrected chi connectivity index (χ0v) is 8.17. The average molecular weight is 226 g/mol. The van der Waals surface area contributed by atoms with Gasteiger partial charge in [-0.15, -0.1) is 0 Å². The lowest BCUT2D eigenvalue weighted by Gasteiger charge is -2.26. The molecule has 1 fully saturated rings. The minimum atomic E-state index is -1.09. The van der Waals surface area contributed by atoms with Crippen LogP contribution in [0.15, 0.2) is 18.2 Å². The molecule has 0 saturated carbocycles. The van der Waals surface area contributed by atoms with E-state index in [1.54, 1.807) is 0 Å². The van der Waals surface area contributed by atoms with Gasteiger partial charge in [0.05, 0.1) is 5.69 Å². The third kappa shape index (κ3) is 1.73. The van der Waals surface area contributed by atoms with E-state index in [4.69, 9.17) is 0 Å². The van der Waals surface area contributed by atoms with Crippen LogP contribution < -0.4 is 10.2 Å². The van der Waals surface area contributed by atoms with Crippen molar-refractivity contribution in [3.63, 3.8) is 0 Å². The molecule has 0 aliphatic carbocycles. The van der Waals surface area contributed by atoms with E-state index in [1.807, 2.05) is 5.32 Å². The van der Waals surface area contributed by atoms with Crippen LogP contribution in [0.1, 0.15) is 6.42 Å². The number of nitrogens with one attached hydrogen (secondary N) is 1. The first-order valence-corrected chi connectivity index (χ1v) is 4.65. The van der Waals surface area contributed by atoms with Crippen molar-refractivity contribution in [2.75, 3.05) is 11.4 Å². The van der Waals surface area contributed by atoms with Crippen molar-refractivity contribution in [1.29, 1.82) is 0 Å². The van der Waals surface area contributed by atoms with Crippen molar-refractivity contribution in [3.05, 3.63) is 29.8 Å². The molecule has 0 atom stereocenters. The van der Waals surface area contributed by atoms with Gasteiger partial charge in [0.1, 0.15) is 0 Å². The highest BCUT2D eigenvalue weighted by atomic mass is 19.2. The second-order valence-corrected chi connectivity index (χ2v) is 3.33. The summed E-state index contributed by atoms with van der Waals surface area (Å²) < 4.78 is 26.3. The maximum atomic E-state index is 13.4. The van der Waals surface area contributed by atoms with Gasteiger partial charge in [-0.3, -0.25) is 15.0 Å². The van der Waals surface area contributed by atoms with E-state index in [0.29, 0.717) is 0 Å². The maximum absolute atomic E-state index is 13.4. The molecule has 4 nitrogen and oxygen atoms in total. The first-order chi connectivity index (χ1) is 7.59. The van der Waals surface area contributed by atoms with Gasteiger partial charge in [0, 0.05) is 13.0 Å². The van der Waals surface area contributed by atoms with E-state index >= 15 is 0 Å². The number of halogens is 2. The number of anilines is 1. The lowest BCUT2D eigenvalue weighted by molar-refractivity contribution is -0.120. The molecule has 1 aliphatic heterocycles.